The Kier molecular flexibility index (Phi) is 3.90. The van der Waals surface area contributed by atoms with Crippen molar-refractivity contribution < 1.29 is 14.6 Å². The van der Waals surface area contributed by atoms with Crippen molar-refractivity contribution in [3.63, 3.8) is 0 Å². The summed E-state index contributed by atoms with van der Waals surface area (Å²) in [7, 11) is 0. The normalized spacial score (nSPS) is 33.0. The maximum atomic E-state index is 10.9. The summed E-state index contributed by atoms with van der Waals surface area (Å²) in [6.07, 6.45) is 2.45. The van der Waals surface area contributed by atoms with Crippen LogP contribution in [0.1, 0.15) is 17.4 Å². The Balaban J connectivity index is 1.54. The standard InChI is InChI=1S/C17H21N3O3/c1-11-18-7-8-20(11)15-16(21)14(13-10-22-17(15)23-13)19-9-12-5-3-2-4-6-12/h2-8,13-17,19,21H,9-10H2,1H3. The van der Waals surface area contributed by atoms with Gasteiger partial charge in [0.2, 0.25) is 0 Å². The zero-order chi connectivity index (χ0) is 15.8. The van der Waals surface area contributed by atoms with Crippen LogP contribution in [-0.2, 0) is 16.0 Å². The van der Waals surface area contributed by atoms with Crippen molar-refractivity contribution in [2.45, 2.75) is 44.1 Å². The Hall–Kier alpha value is -1.73. The van der Waals surface area contributed by atoms with E-state index in [9.17, 15) is 5.11 Å². The number of aryl methyl sites for hydroxylation is 1. The average Bonchev–Trinajstić information content (AvgIpc) is 3.17. The lowest BCUT2D eigenvalue weighted by Crippen LogP contribution is -2.57. The summed E-state index contributed by atoms with van der Waals surface area (Å²) in [6.45, 7) is 3.10. The van der Waals surface area contributed by atoms with Crippen LogP contribution >= 0.6 is 0 Å². The number of hydrogen-bond acceptors (Lipinski definition) is 5. The number of hydrogen-bond donors (Lipinski definition) is 2. The SMILES string of the molecule is Cc1nccn1C1C2OCC(O2)C(NCc2ccccc2)C1O. The summed E-state index contributed by atoms with van der Waals surface area (Å²) in [5, 5.41) is 14.4. The highest BCUT2D eigenvalue weighted by Crippen LogP contribution is 2.36. The van der Waals surface area contributed by atoms with Crippen molar-refractivity contribution in [3.8, 4) is 0 Å². The van der Waals surface area contributed by atoms with E-state index in [4.69, 9.17) is 9.47 Å². The molecule has 6 nitrogen and oxygen atoms in total. The number of aromatic nitrogens is 2. The van der Waals surface area contributed by atoms with E-state index in [1.807, 2.05) is 35.9 Å². The Labute approximate surface area is 135 Å². The number of aliphatic hydroxyl groups is 1. The number of benzene rings is 1. The fraction of sp³-hybridized carbons (Fsp3) is 0.471. The molecule has 5 atom stereocenters. The molecule has 2 N–H and O–H groups in total. The zero-order valence-electron chi connectivity index (χ0n) is 13.0. The van der Waals surface area contributed by atoms with Gasteiger partial charge in [0.15, 0.2) is 6.29 Å². The quantitative estimate of drug-likeness (QED) is 0.881. The highest BCUT2D eigenvalue weighted by molar-refractivity contribution is 5.15. The molecule has 2 saturated heterocycles. The van der Waals surface area contributed by atoms with Crippen molar-refractivity contribution >= 4 is 0 Å². The molecule has 2 fully saturated rings. The van der Waals surface area contributed by atoms with E-state index in [1.165, 1.54) is 5.56 Å². The number of rotatable bonds is 4. The second kappa shape index (κ2) is 6.05. The minimum absolute atomic E-state index is 0.126. The highest BCUT2D eigenvalue weighted by atomic mass is 16.7. The van der Waals surface area contributed by atoms with Gasteiger partial charge in [0.05, 0.1) is 18.8 Å². The molecule has 0 saturated carbocycles. The van der Waals surface area contributed by atoms with Crippen molar-refractivity contribution in [1.82, 2.24) is 14.9 Å². The molecule has 0 amide bonds. The topological polar surface area (TPSA) is 68.5 Å². The summed E-state index contributed by atoms with van der Waals surface area (Å²) < 4.78 is 13.7. The molecule has 6 heteroatoms. The smallest absolute Gasteiger partial charge is 0.181 e. The molecule has 2 bridgehead atoms. The molecule has 0 aliphatic carbocycles. The molecular formula is C17H21N3O3. The van der Waals surface area contributed by atoms with Gasteiger partial charge in [-0.2, -0.15) is 0 Å². The van der Waals surface area contributed by atoms with E-state index in [2.05, 4.69) is 22.4 Å². The molecule has 0 radical (unpaired) electrons. The van der Waals surface area contributed by atoms with E-state index in [-0.39, 0.29) is 18.2 Å². The molecular weight excluding hydrogens is 294 g/mol. The predicted octanol–water partition coefficient (Wildman–Crippen LogP) is 1.01. The van der Waals surface area contributed by atoms with Crippen molar-refractivity contribution in [1.29, 1.82) is 0 Å². The van der Waals surface area contributed by atoms with E-state index < -0.39 is 12.4 Å². The maximum Gasteiger partial charge on any atom is 0.181 e. The van der Waals surface area contributed by atoms with Crippen LogP contribution in [0.3, 0.4) is 0 Å². The van der Waals surface area contributed by atoms with Gasteiger partial charge in [-0.25, -0.2) is 4.98 Å². The van der Waals surface area contributed by atoms with Crippen molar-refractivity contribution in [2.75, 3.05) is 6.61 Å². The first-order valence-electron chi connectivity index (χ1n) is 7.96. The lowest BCUT2D eigenvalue weighted by Gasteiger charge is -2.39. The van der Waals surface area contributed by atoms with Gasteiger partial charge < -0.3 is 24.5 Å². The number of imidazole rings is 1. The second-order valence-electron chi connectivity index (χ2n) is 6.13. The summed E-state index contributed by atoms with van der Waals surface area (Å²) in [5.41, 5.74) is 1.18. The molecule has 1 aromatic heterocycles. The van der Waals surface area contributed by atoms with Crippen LogP contribution < -0.4 is 5.32 Å². The van der Waals surface area contributed by atoms with Crippen LogP contribution in [0.15, 0.2) is 42.7 Å². The van der Waals surface area contributed by atoms with Gasteiger partial charge in [0, 0.05) is 18.9 Å². The Morgan fingerprint density at radius 1 is 1.35 bits per heavy atom. The third kappa shape index (κ3) is 2.68. The van der Waals surface area contributed by atoms with Crippen molar-refractivity contribution in [3.05, 3.63) is 54.1 Å². The van der Waals surface area contributed by atoms with E-state index in [0.29, 0.717) is 13.2 Å². The Morgan fingerprint density at radius 2 is 2.17 bits per heavy atom. The van der Waals surface area contributed by atoms with Crippen LogP contribution in [0.5, 0.6) is 0 Å². The van der Waals surface area contributed by atoms with Gasteiger partial charge in [-0.15, -0.1) is 0 Å². The first-order chi connectivity index (χ1) is 11.2. The molecule has 5 unspecified atom stereocenters. The van der Waals surface area contributed by atoms with Crippen LogP contribution in [0, 0.1) is 6.92 Å². The second-order valence-corrected chi connectivity index (χ2v) is 6.13. The van der Waals surface area contributed by atoms with Crippen LogP contribution in [0.2, 0.25) is 0 Å². The van der Waals surface area contributed by atoms with Crippen LogP contribution in [-0.4, -0.2) is 45.8 Å². The molecule has 23 heavy (non-hydrogen) atoms. The fourth-order valence-electron chi connectivity index (χ4n) is 3.48. The minimum atomic E-state index is -0.599. The first kappa shape index (κ1) is 14.8. The highest BCUT2D eigenvalue weighted by Gasteiger charge is 2.50. The molecule has 1 aromatic carbocycles. The van der Waals surface area contributed by atoms with Gasteiger partial charge >= 0.3 is 0 Å². The lowest BCUT2D eigenvalue weighted by molar-refractivity contribution is -0.165. The summed E-state index contributed by atoms with van der Waals surface area (Å²) in [4.78, 5) is 4.25. The molecule has 122 valence electrons. The third-order valence-corrected chi connectivity index (χ3v) is 4.70. The number of ether oxygens (including phenoxy) is 2. The predicted molar refractivity (Wildman–Crippen MR) is 83.7 cm³/mol. The number of fused-ring (bicyclic) bond motifs is 2. The zero-order valence-corrected chi connectivity index (χ0v) is 13.0. The monoisotopic (exact) mass is 315 g/mol. The molecule has 2 aliphatic rings. The van der Waals surface area contributed by atoms with Gasteiger partial charge in [-0.3, -0.25) is 0 Å². The third-order valence-electron chi connectivity index (χ3n) is 4.70. The number of aliphatic hydroxyl groups excluding tert-OH is 1. The van der Waals surface area contributed by atoms with Gasteiger partial charge in [-0.05, 0) is 12.5 Å². The molecule has 2 aliphatic heterocycles. The maximum absolute atomic E-state index is 10.9. The molecule has 2 aromatic rings. The Morgan fingerprint density at radius 3 is 2.91 bits per heavy atom. The number of nitrogens with zero attached hydrogens (tertiary/aromatic N) is 2. The van der Waals surface area contributed by atoms with E-state index in [1.54, 1.807) is 6.20 Å². The van der Waals surface area contributed by atoms with Crippen LogP contribution in [0.25, 0.3) is 0 Å². The van der Waals surface area contributed by atoms with Crippen LogP contribution in [0.4, 0.5) is 0 Å². The summed E-state index contributed by atoms with van der Waals surface area (Å²) >= 11 is 0. The minimum Gasteiger partial charge on any atom is -0.389 e. The molecule has 4 rings (SSSR count). The van der Waals surface area contributed by atoms with Gasteiger partial charge in [-0.1, -0.05) is 30.3 Å². The largest absolute Gasteiger partial charge is 0.389 e. The molecule has 3 heterocycles. The van der Waals surface area contributed by atoms with Gasteiger partial charge in [0.25, 0.3) is 0 Å². The summed E-state index contributed by atoms with van der Waals surface area (Å²) in [5.74, 6) is 0.841. The average molecular weight is 315 g/mol. The summed E-state index contributed by atoms with van der Waals surface area (Å²) in [6, 6.07) is 9.68. The molecule has 0 spiro atoms. The van der Waals surface area contributed by atoms with Crippen molar-refractivity contribution in [2.24, 2.45) is 0 Å². The Bertz CT molecular complexity index is 660. The lowest BCUT2D eigenvalue weighted by atomic mass is 9.95. The first-order valence-corrected chi connectivity index (χ1v) is 7.96. The fourth-order valence-corrected chi connectivity index (χ4v) is 3.48. The van der Waals surface area contributed by atoms with E-state index >= 15 is 0 Å². The van der Waals surface area contributed by atoms with E-state index in [0.717, 1.165) is 5.82 Å². The van der Waals surface area contributed by atoms with Gasteiger partial charge in [0.1, 0.15) is 18.0 Å². The number of nitrogens with one attached hydrogen (secondary N) is 1.